The van der Waals surface area contributed by atoms with E-state index < -0.39 is 0 Å². The summed E-state index contributed by atoms with van der Waals surface area (Å²) in [7, 11) is 0. The summed E-state index contributed by atoms with van der Waals surface area (Å²) in [4.78, 5) is 26.9. The number of rotatable bonds is 6. The number of aromatic nitrogens is 3. The van der Waals surface area contributed by atoms with Gasteiger partial charge >= 0.3 is 0 Å². The number of likely N-dealkylation sites (tertiary alicyclic amines) is 1. The van der Waals surface area contributed by atoms with Crippen LogP contribution in [0.1, 0.15) is 41.9 Å². The van der Waals surface area contributed by atoms with Crippen LogP contribution in [0.2, 0.25) is 0 Å². The zero-order valence-electron chi connectivity index (χ0n) is 17.0. The topological polar surface area (TPSA) is 88.8 Å². The number of fused-ring (bicyclic) bond motifs is 1. The third-order valence-electron chi connectivity index (χ3n) is 5.31. The largest absolute Gasteiger partial charge is 0.494 e. The normalized spacial score (nSPS) is 16.4. The molecule has 1 fully saturated rings. The molecule has 1 unspecified atom stereocenters. The van der Waals surface area contributed by atoms with Gasteiger partial charge in [-0.25, -0.2) is 0 Å². The number of carbonyl (C=O) groups is 2. The van der Waals surface area contributed by atoms with Gasteiger partial charge in [0.2, 0.25) is 5.91 Å². The fourth-order valence-electron chi connectivity index (χ4n) is 3.79. The average molecular weight is 407 g/mol. The number of nitrogens with zero attached hydrogens (tertiary/aromatic N) is 4. The van der Waals surface area contributed by atoms with Crippen LogP contribution in [0.4, 0.5) is 0 Å². The van der Waals surface area contributed by atoms with Crippen LogP contribution in [0.15, 0.2) is 48.7 Å². The predicted octanol–water partition coefficient (Wildman–Crippen LogP) is 2.26. The lowest BCUT2D eigenvalue weighted by atomic mass is 9.97. The number of benzene rings is 1. The lowest BCUT2D eigenvalue weighted by Crippen LogP contribution is -2.44. The molecule has 0 bridgehead atoms. The van der Waals surface area contributed by atoms with Crippen LogP contribution in [0.5, 0.6) is 5.75 Å². The van der Waals surface area contributed by atoms with Crippen molar-refractivity contribution < 1.29 is 14.3 Å². The van der Waals surface area contributed by atoms with Crippen LogP contribution in [-0.4, -0.2) is 57.6 Å². The number of carbonyl (C=O) groups excluding carboxylic acids is 2. The highest BCUT2D eigenvalue weighted by Gasteiger charge is 2.28. The van der Waals surface area contributed by atoms with Crippen LogP contribution in [0.3, 0.4) is 0 Å². The van der Waals surface area contributed by atoms with Gasteiger partial charge in [-0.1, -0.05) is 6.07 Å². The van der Waals surface area contributed by atoms with Crippen molar-refractivity contribution >= 4 is 17.5 Å². The molecule has 8 heteroatoms. The van der Waals surface area contributed by atoms with Gasteiger partial charge in [-0.2, -0.15) is 0 Å². The molecule has 0 aliphatic carbocycles. The lowest BCUT2D eigenvalue weighted by Gasteiger charge is -2.32. The molecule has 3 heterocycles. The number of nitrogens with one attached hydrogen (secondary N) is 1. The van der Waals surface area contributed by atoms with E-state index in [1.807, 2.05) is 35.7 Å². The first kappa shape index (κ1) is 19.9. The maximum absolute atomic E-state index is 12.7. The zero-order chi connectivity index (χ0) is 20.9. The molecule has 1 aliphatic heterocycles. The van der Waals surface area contributed by atoms with E-state index in [4.69, 9.17) is 4.74 Å². The fourth-order valence-corrected chi connectivity index (χ4v) is 3.79. The quantitative estimate of drug-likeness (QED) is 0.677. The first-order chi connectivity index (χ1) is 14.7. The summed E-state index contributed by atoms with van der Waals surface area (Å²) in [6.45, 7) is 3.71. The summed E-state index contributed by atoms with van der Waals surface area (Å²) in [6, 6.07) is 12.7. The summed E-state index contributed by atoms with van der Waals surface area (Å²) >= 11 is 0. The van der Waals surface area contributed by atoms with Crippen LogP contribution in [-0.2, 0) is 4.79 Å². The van der Waals surface area contributed by atoms with Gasteiger partial charge in [0.25, 0.3) is 5.91 Å². The average Bonchev–Trinajstić information content (AvgIpc) is 3.22. The Morgan fingerprint density at radius 1 is 1.17 bits per heavy atom. The van der Waals surface area contributed by atoms with E-state index in [0.717, 1.165) is 24.3 Å². The molecule has 2 aromatic heterocycles. The number of hydrogen-bond donors (Lipinski definition) is 1. The maximum atomic E-state index is 12.7. The molecule has 156 valence electrons. The SMILES string of the molecule is CCOc1ccc(C(=O)NCC(=O)N2CCCC(c3nnc4ccccn34)C2)cc1. The van der Waals surface area contributed by atoms with Crippen molar-refractivity contribution in [3.63, 3.8) is 0 Å². The number of ether oxygens (including phenoxy) is 1. The molecule has 2 amide bonds. The number of pyridine rings is 1. The smallest absolute Gasteiger partial charge is 0.251 e. The van der Waals surface area contributed by atoms with Crippen molar-refractivity contribution in [3.05, 3.63) is 60.0 Å². The summed E-state index contributed by atoms with van der Waals surface area (Å²) in [5.41, 5.74) is 1.30. The molecule has 1 saturated heterocycles. The van der Waals surface area contributed by atoms with Crippen LogP contribution >= 0.6 is 0 Å². The molecular weight excluding hydrogens is 382 g/mol. The maximum Gasteiger partial charge on any atom is 0.251 e. The van der Waals surface area contributed by atoms with Gasteiger partial charge in [0.05, 0.1) is 13.2 Å². The Hall–Kier alpha value is -3.42. The van der Waals surface area contributed by atoms with Crippen LogP contribution < -0.4 is 10.1 Å². The second kappa shape index (κ2) is 8.94. The van der Waals surface area contributed by atoms with Gasteiger partial charge in [-0.05, 0) is 56.2 Å². The zero-order valence-corrected chi connectivity index (χ0v) is 17.0. The first-order valence-electron chi connectivity index (χ1n) is 10.2. The van der Waals surface area contributed by atoms with Crippen molar-refractivity contribution in [1.29, 1.82) is 0 Å². The standard InChI is InChI=1S/C22H25N5O3/c1-2-30-18-10-8-16(9-11-18)22(29)23-14-20(28)26-12-5-6-17(15-26)21-25-24-19-7-3-4-13-27(19)21/h3-4,7-11,13,17H,2,5-6,12,14-15H2,1H3,(H,23,29). The van der Waals surface area contributed by atoms with Crippen molar-refractivity contribution in [2.24, 2.45) is 0 Å². The second-order valence-electron chi connectivity index (χ2n) is 7.31. The van der Waals surface area contributed by atoms with Gasteiger partial charge in [0.1, 0.15) is 11.6 Å². The molecule has 8 nitrogen and oxygen atoms in total. The van der Waals surface area contributed by atoms with Gasteiger partial charge < -0.3 is 15.0 Å². The summed E-state index contributed by atoms with van der Waals surface area (Å²) in [5, 5.41) is 11.3. The first-order valence-corrected chi connectivity index (χ1v) is 10.2. The van der Waals surface area contributed by atoms with E-state index in [9.17, 15) is 9.59 Å². The summed E-state index contributed by atoms with van der Waals surface area (Å²) < 4.78 is 7.36. The van der Waals surface area contributed by atoms with Gasteiger partial charge in [0.15, 0.2) is 5.65 Å². The van der Waals surface area contributed by atoms with E-state index >= 15 is 0 Å². The van der Waals surface area contributed by atoms with Crippen LogP contribution in [0, 0.1) is 0 Å². The molecule has 0 spiro atoms. The number of amides is 2. The van der Waals surface area contributed by atoms with Gasteiger partial charge in [0, 0.05) is 30.8 Å². The predicted molar refractivity (Wildman–Crippen MR) is 111 cm³/mol. The lowest BCUT2D eigenvalue weighted by molar-refractivity contribution is -0.131. The Morgan fingerprint density at radius 2 is 2.00 bits per heavy atom. The molecule has 3 aromatic rings. The van der Waals surface area contributed by atoms with Crippen molar-refractivity contribution in [2.45, 2.75) is 25.7 Å². The Morgan fingerprint density at radius 3 is 2.80 bits per heavy atom. The van der Waals surface area contributed by atoms with Crippen molar-refractivity contribution in [2.75, 3.05) is 26.2 Å². The molecule has 1 aliphatic rings. The summed E-state index contributed by atoms with van der Waals surface area (Å²) in [6.07, 6.45) is 3.80. The molecule has 1 aromatic carbocycles. The van der Waals surface area contributed by atoms with E-state index in [-0.39, 0.29) is 24.3 Å². The minimum Gasteiger partial charge on any atom is -0.494 e. The van der Waals surface area contributed by atoms with Crippen molar-refractivity contribution in [3.8, 4) is 5.75 Å². The molecule has 30 heavy (non-hydrogen) atoms. The minimum atomic E-state index is -0.275. The van der Waals surface area contributed by atoms with Crippen LogP contribution in [0.25, 0.3) is 5.65 Å². The van der Waals surface area contributed by atoms with E-state index in [2.05, 4.69) is 15.5 Å². The highest BCUT2D eigenvalue weighted by Crippen LogP contribution is 2.26. The second-order valence-corrected chi connectivity index (χ2v) is 7.31. The highest BCUT2D eigenvalue weighted by atomic mass is 16.5. The Balaban J connectivity index is 1.34. The molecule has 4 rings (SSSR count). The molecule has 1 atom stereocenters. The van der Waals surface area contributed by atoms with E-state index in [0.29, 0.717) is 31.0 Å². The monoisotopic (exact) mass is 407 g/mol. The van der Waals surface area contributed by atoms with Gasteiger partial charge in [-0.15, -0.1) is 10.2 Å². The van der Waals surface area contributed by atoms with Gasteiger partial charge in [-0.3, -0.25) is 14.0 Å². The Kier molecular flexibility index (Phi) is 5.92. The molecule has 0 saturated carbocycles. The minimum absolute atomic E-state index is 0.0284. The Labute approximate surface area is 174 Å². The van der Waals surface area contributed by atoms with E-state index in [1.165, 1.54) is 0 Å². The van der Waals surface area contributed by atoms with Crippen molar-refractivity contribution in [1.82, 2.24) is 24.8 Å². The summed E-state index contributed by atoms with van der Waals surface area (Å²) in [5.74, 6) is 1.35. The highest BCUT2D eigenvalue weighted by molar-refractivity contribution is 5.96. The Bertz CT molecular complexity index is 1030. The third-order valence-corrected chi connectivity index (χ3v) is 5.31. The fraction of sp³-hybridized carbons (Fsp3) is 0.364. The molecular formula is C22H25N5O3. The van der Waals surface area contributed by atoms with E-state index in [1.54, 1.807) is 29.2 Å². The third kappa shape index (κ3) is 4.27. The molecule has 0 radical (unpaired) electrons. The number of hydrogen-bond acceptors (Lipinski definition) is 5. The number of piperidine rings is 1. The molecule has 1 N–H and O–H groups in total.